The molecule has 1 aliphatic carbocycles. The first-order chi connectivity index (χ1) is 17.5. The molecular formula is C24H24Cl2N6O4S. The summed E-state index contributed by atoms with van der Waals surface area (Å²) in [5.41, 5.74) is 14.2. The summed E-state index contributed by atoms with van der Waals surface area (Å²) in [6, 6.07) is 8.29. The maximum atomic E-state index is 11.7. The molecule has 0 amide bonds. The van der Waals surface area contributed by atoms with Crippen molar-refractivity contribution < 1.29 is 17.9 Å². The number of halogens is 2. The van der Waals surface area contributed by atoms with E-state index in [9.17, 15) is 8.42 Å². The number of rotatable bonds is 8. The molecule has 194 valence electrons. The summed E-state index contributed by atoms with van der Waals surface area (Å²) < 4.78 is 36.6. The van der Waals surface area contributed by atoms with Crippen LogP contribution in [0.4, 0.5) is 5.69 Å². The Balaban J connectivity index is 1.25. The third kappa shape index (κ3) is 5.23. The van der Waals surface area contributed by atoms with Gasteiger partial charge in [-0.2, -0.15) is 0 Å². The number of nitrogens with two attached hydrogens (primary N) is 2. The fourth-order valence-electron chi connectivity index (χ4n) is 4.50. The quantitative estimate of drug-likeness (QED) is 0.214. The van der Waals surface area contributed by atoms with Gasteiger partial charge in [0.15, 0.2) is 6.23 Å². The van der Waals surface area contributed by atoms with Gasteiger partial charge in [-0.1, -0.05) is 23.2 Å². The molecule has 0 spiro atoms. The molecule has 1 aliphatic heterocycles. The molecule has 5 N–H and O–H groups in total. The van der Waals surface area contributed by atoms with Crippen LogP contribution in [0.25, 0.3) is 0 Å². The van der Waals surface area contributed by atoms with Gasteiger partial charge in [0.25, 0.3) is 0 Å². The highest BCUT2D eigenvalue weighted by Gasteiger charge is 2.59. The maximum absolute atomic E-state index is 11.7. The van der Waals surface area contributed by atoms with E-state index >= 15 is 0 Å². The molecule has 0 radical (unpaired) electrons. The molecule has 2 aromatic heterocycles. The zero-order chi connectivity index (χ0) is 26.5. The van der Waals surface area contributed by atoms with Crippen molar-refractivity contribution in [2.75, 3.05) is 25.1 Å². The SMILES string of the molecule is CS(=O)(=O)N1CC2C(C1)C2Oc1ccc(C(=N)c2cc(O[C@H](N)c3c(Cl)cncc3Cl)ccc2N)cn1. The topological polar surface area (TPSA) is 158 Å². The van der Waals surface area contributed by atoms with Gasteiger partial charge in [0.2, 0.25) is 15.9 Å². The van der Waals surface area contributed by atoms with Crippen LogP contribution < -0.4 is 20.9 Å². The van der Waals surface area contributed by atoms with Gasteiger partial charge in [0, 0.05) is 72.0 Å². The summed E-state index contributed by atoms with van der Waals surface area (Å²) in [5.74, 6) is 1.16. The number of nitrogen functional groups attached to an aromatic ring is 1. The molecule has 1 saturated carbocycles. The molecule has 2 aliphatic rings. The zero-order valence-electron chi connectivity index (χ0n) is 19.6. The summed E-state index contributed by atoms with van der Waals surface area (Å²) in [4.78, 5) is 8.25. The van der Waals surface area contributed by atoms with E-state index in [0.717, 1.165) is 0 Å². The third-order valence-corrected chi connectivity index (χ3v) is 8.40. The third-order valence-electron chi connectivity index (χ3n) is 6.56. The van der Waals surface area contributed by atoms with E-state index in [1.165, 1.54) is 29.2 Å². The van der Waals surface area contributed by atoms with Gasteiger partial charge in [-0.15, -0.1) is 0 Å². The van der Waals surface area contributed by atoms with E-state index in [0.29, 0.717) is 47.1 Å². The number of nitrogens with zero attached hydrogens (tertiary/aromatic N) is 3. The van der Waals surface area contributed by atoms with Crippen molar-refractivity contribution in [2.45, 2.75) is 12.3 Å². The van der Waals surface area contributed by atoms with Crippen molar-refractivity contribution in [3.05, 3.63) is 75.7 Å². The minimum Gasteiger partial charge on any atom is -0.474 e. The normalized spacial score (nSPS) is 21.8. The number of hydrogen-bond acceptors (Lipinski definition) is 9. The van der Waals surface area contributed by atoms with Gasteiger partial charge < -0.3 is 15.2 Å². The van der Waals surface area contributed by atoms with Crippen LogP contribution in [0.2, 0.25) is 10.0 Å². The molecule has 2 unspecified atom stereocenters. The monoisotopic (exact) mass is 562 g/mol. The molecule has 3 atom stereocenters. The summed E-state index contributed by atoms with van der Waals surface area (Å²) in [6.45, 7) is 0.940. The number of pyridine rings is 2. The average Bonchev–Trinajstić information content (AvgIpc) is 3.26. The van der Waals surface area contributed by atoms with Crippen molar-refractivity contribution >= 4 is 44.6 Å². The summed E-state index contributed by atoms with van der Waals surface area (Å²) in [5, 5.41) is 9.22. The lowest BCUT2D eigenvalue weighted by molar-refractivity contribution is 0.214. The largest absolute Gasteiger partial charge is 0.474 e. The maximum Gasteiger partial charge on any atom is 0.213 e. The highest BCUT2D eigenvalue weighted by atomic mass is 35.5. The van der Waals surface area contributed by atoms with Crippen LogP contribution in [-0.4, -0.2) is 53.9 Å². The van der Waals surface area contributed by atoms with Crippen LogP contribution in [0.1, 0.15) is 22.9 Å². The Morgan fingerprint density at radius 2 is 1.81 bits per heavy atom. The van der Waals surface area contributed by atoms with Crippen molar-refractivity contribution in [1.29, 1.82) is 5.41 Å². The Morgan fingerprint density at radius 3 is 2.41 bits per heavy atom. The van der Waals surface area contributed by atoms with Crippen LogP contribution in [0, 0.1) is 17.2 Å². The Labute approximate surface area is 224 Å². The zero-order valence-corrected chi connectivity index (χ0v) is 22.0. The number of anilines is 1. The minimum atomic E-state index is -3.18. The minimum absolute atomic E-state index is 0.0492. The number of sulfonamides is 1. The second-order valence-corrected chi connectivity index (χ2v) is 11.9. The molecule has 0 bridgehead atoms. The fourth-order valence-corrected chi connectivity index (χ4v) is 5.96. The Morgan fingerprint density at radius 1 is 1.14 bits per heavy atom. The number of piperidine rings is 1. The number of ether oxygens (including phenoxy) is 2. The van der Waals surface area contributed by atoms with Crippen LogP contribution in [-0.2, 0) is 10.0 Å². The number of benzene rings is 1. The number of hydrogen-bond donors (Lipinski definition) is 3. The molecule has 2 fully saturated rings. The first-order valence-electron chi connectivity index (χ1n) is 11.3. The Bertz CT molecular complexity index is 1440. The first-order valence-corrected chi connectivity index (χ1v) is 13.9. The molecule has 3 heterocycles. The van der Waals surface area contributed by atoms with E-state index in [1.807, 2.05) is 0 Å². The molecule has 13 heteroatoms. The highest BCUT2D eigenvalue weighted by Crippen LogP contribution is 2.48. The predicted molar refractivity (Wildman–Crippen MR) is 141 cm³/mol. The van der Waals surface area contributed by atoms with Gasteiger partial charge >= 0.3 is 0 Å². The van der Waals surface area contributed by atoms with Crippen LogP contribution in [0.3, 0.4) is 0 Å². The van der Waals surface area contributed by atoms with E-state index in [-0.39, 0.29) is 33.7 Å². The molecular weight excluding hydrogens is 539 g/mol. The predicted octanol–water partition coefficient (Wildman–Crippen LogP) is 3.09. The van der Waals surface area contributed by atoms with Crippen molar-refractivity contribution in [2.24, 2.45) is 17.6 Å². The molecule has 37 heavy (non-hydrogen) atoms. The second-order valence-electron chi connectivity index (χ2n) is 9.05. The van der Waals surface area contributed by atoms with E-state index < -0.39 is 16.3 Å². The van der Waals surface area contributed by atoms with Crippen LogP contribution in [0.5, 0.6) is 11.6 Å². The van der Waals surface area contributed by atoms with Crippen LogP contribution in [0.15, 0.2) is 48.9 Å². The van der Waals surface area contributed by atoms with E-state index in [1.54, 1.807) is 30.3 Å². The smallest absolute Gasteiger partial charge is 0.213 e. The summed E-state index contributed by atoms with van der Waals surface area (Å²) >= 11 is 12.3. The molecule has 1 saturated heterocycles. The lowest BCUT2D eigenvalue weighted by atomic mass is 10.0. The van der Waals surface area contributed by atoms with Gasteiger partial charge in [-0.05, 0) is 24.3 Å². The highest BCUT2D eigenvalue weighted by molar-refractivity contribution is 7.88. The Kier molecular flexibility index (Phi) is 6.75. The van der Waals surface area contributed by atoms with E-state index in [4.69, 9.17) is 49.6 Å². The van der Waals surface area contributed by atoms with Gasteiger partial charge in [-0.25, -0.2) is 17.7 Å². The number of aromatic nitrogens is 2. The Hall–Kier alpha value is -2.96. The standard InChI is InChI=1S/C24H24Cl2N6O4S/c1-37(33,34)32-10-15-16(11-32)23(15)36-20-5-2-12(7-31-20)22(28)14-6-13(3-4-19(14)27)35-24(29)21-17(25)8-30-9-18(21)26/h2-9,15-16,23-24,28H,10-11,27,29H2,1H3/t15?,16?,23?,24-/m0/s1. The average molecular weight is 563 g/mol. The van der Waals surface area contributed by atoms with Gasteiger partial charge in [0.05, 0.1) is 22.0 Å². The van der Waals surface area contributed by atoms with Gasteiger partial charge in [0.1, 0.15) is 11.9 Å². The summed E-state index contributed by atoms with van der Waals surface area (Å²) in [6.07, 6.45) is 4.60. The number of nitrogens with one attached hydrogen (secondary N) is 1. The lowest BCUT2D eigenvalue weighted by Gasteiger charge is -2.18. The van der Waals surface area contributed by atoms with Crippen molar-refractivity contribution in [1.82, 2.24) is 14.3 Å². The van der Waals surface area contributed by atoms with Crippen molar-refractivity contribution in [3.63, 3.8) is 0 Å². The molecule has 3 aromatic rings. The van der Waals surface area contributed by atoms with Crippen molar-refractivity contribution in [3.8, 4) is 11.6 Å². The number of fused-ring (bicyclic) bond motifs is 1. The van der Waals surface area contributed by atoms with Crippen LogP contribution >= 0.6 is 23.2 Å². The molecule has 10 nitrogen and oxygen atoms in total. The fraction of sp³-hybridized carbons (Fsp3) is 0.292. The van der Waals surface area contributed by atoms with Gasteiger partial charge in [-0.3, -0.25) is 16.1 Å². The summed E-state index contributed by atoms with van der Waals surface area (Å²) in [7, 11) is -3.18. The molecule has 1 aromatic carbocycles. The lowest BCUT2D eigenvalue weighted by Crippen LogP contribution is -2.32. The van der Waals surface area contributed by atoms with E-state index in [2.05, 4.69) is 9.97 Å². The first kappa shape index (κ1) is 25.7. The molecule has 5 rings (SSSR count). The second kappa shape index (κ2) is 9.73.